The number of hydrogen-bond donors (Lipinski definition) is 0. The molecule has 0 saturated carbocycles. The second kappa shape index (κ2) is 3.21. The Labute approximate surface area is 68.5 Å². The van der Waals surface area contributed by atoms with E-state index in [2.05, 4.69) is 19.9 Å². The molecule has 0 N–H and O–H groups in total. The first-order chi connectivity index (χ1) is 5.15. The summed E-state index contributed by atoms with van der Waals surface area (Å²) in [5.74, 6) is 1.52. The van der Waals surface area contributed by atoms with E-state index in [0.29, 0.717) is 17.6 Å². The Kier molecular flexibility index (Phi) is 2.48. The van der Waals surface area contributed by atoms with Gasteiger partial charge in [0.2, 0.25) is 0 Å². The third kappa shape index (κ3) is 1.70. The smallest absolute Gasteiger partial charge is 0.158 e. The number of hydrogen-bond acceptors (Lipinski definition) is 1. The summed E-state index contributed by atoms with van der Waals surface area (Å²) in [6.45, 7) is 6.27. The molecular formula is C10H16O. The number of allylic oxidation sites excluding steroid dienone is 2. The van der Waals surface area contributed by atoms with Gasteiger partial charge < -0.3 is 0 Å². The highest BCUT2D eigenvalue weighted by molar-refractivity contribution is 5.95. The summed E-state index contributed by atoms with van der Waals surface area (Å²) in [7, 11) is 0. The van der Waals surface area contributed by atoms with Crippen LogP contribution in [0.3, 0.4) is 0 Å². The van der Waals surface area contributed by atoms with Crippen LogP contribution in [0.15, 0.2) is 11.6 Å². The van der Waals surface area contributed by atoms with Crippen LogP contribution in [0.4, 0.5) is 0 Å². The van der Waals surface area contributed by atoms with Crippen LogP contribution in [0.1, 0.15) is 33.6 Å². The second-order valence-corrected chi connectivity index (χ2v) is 3.53. The molecule has 0 bridgehead atoms. The minimum absolute atomic E-state index is 0.335. The average Bonchev–Trinajstić information content (AvgIpc) is 1.97. The fourth-order valence-electron chi connectivity index (χ4n) is 1.70. The van der Waals surface area contributed by atoms with Crippen molar-refractivity contribution in [2.24, 2.45) is 11.8 Å². The van der Waals surface area contributed by atoms with E-state index in [-0.39, 0.29) is 0 Å². The molecular weight excluding hydrogens is 136 g/mol. The van der Waals surface area contributed by atoms with Gasteiger partial charge in [-0.15, -0.1) is 0 Å². The molecule has 1 heteroatoms. The average molecular weight is 152 g/mol. The van der Waals surface area contributed by atoms with Gasteiger partial charge in [-0.25, -0.2) is 0 Å². The van der Waals surface area contributed by atoms with Crippen molar-refractivity contribution < 1.29 is 4.79 Å². The van der Waals surface area contributed by atoms with E-state index >= 15 is 0 Å². The molecule has 2 atom stereocenters. The van der Waals surface area contributed by atoms with Crippen molar-refractivity contribution in [1.82, 2.24) is 0 Å². The predicted octanol–water partition coefficient (Wildman–Crippen LogP) is 2.57. The molecule has 1 aliphatic rings. The summed E-state index contributed by atoms with van der Waals surface area (Å²) in [5, 5.41) is 0. The van der Waals surface area contributed by atoms with Crippen LogP contribution in [0, 0.1) is 11.8 Å². The molecule has 0 aromatic rings. The lowest BCUT2D eigenvalue weighted by Crippen LogP contribution is -2.20. The molecule has 0 aromatic heterocycles. The maximum absolute atomic E-state index is 11.2. The van der Waals surface area contributed by atoms with Crippen molar-refractivity contribution in [2.75, 3.05) is 0 Å². The quantitative estimate of drug-likeness (QED) is 0.564. The van der Waals surface area contributed by atoms with Crippen LogP contribution in [-0.4, -0.2) is 5.78 Å². The van der Waals surface area contributed by atoms with Gasteiger partial charge in [0.15, 0.2) is 5.78 Å². The van der Waals surface area contributed by atoms with Gasteiger partial charge >= 0.3 is 0 Å². The van der Waals surface area contributed by atoms with Crippen LogP contribution in [-0.2, 0) is 4.79 Å². The molecule has 2 unspecified atom stereocenters. The molecule has 0 spiro atoms. The zero-order valence-corrected chi connectivity index (χ0v) is 7.55. The summed E-state index contributed by atoms with van der Waals surface area (Å²) in [5.41, 5.74) is 0.968. The van der Waals surface area contributed by atoms with E-state index in [1.54, 1.807) is 0 Å². The van der Waals surface area contributed by atoms with Gasteiger partial charge in [0.05, 0.1) is 0 Å². The Hall–Kier alpha value is -0.590. The van der Waals surface area contributed by atoms with Gasteiger partial charge in [0.1, 0.15) is 0 Å². The first kappa shape index (κ1) is 8.51. The number of rotatable bonds is 1. The van der Waals surface area contributed by atoms with Crippen LogP contribution in [0.2, 0.25) is 0 Å². The van der Waals surface area contributed by atoms with Crippen LogP contribution in [0.5, 0.6) is 0 Å². The summed E-state index contributed by atoms with van der Waals surface area (Å²) in [6, 6.07) is 0. The lowest BCUT2D eigenvalue weighted by Gasteiger charge is -2.24. The largest absolute Gasteiger partial charge is 0.295 e. The van der Waals surface area contributed by atoms with E-state index in [0.717, 1.165) is 18.4 Å². The Morgan fingerprint density at radius 2 is 2.27 bits per heavy atom. The highest BCUT2D eigenvalue weighted by Gasteiger charge is 2.22. The van der Waals surface area contributed by atoms with E-state index in [9.17, 15) is 4.79 Å². The first-order valence-electron chi connectivity index (χ1n) is 4.36. The molecule has 1 nitrogen and oxygen atoms in total. The molecule has 11 heavy (non-hydrogen) atoms. The van der Waals surface area contributed by atoms with E-state index in [1.165, 1.54) is 0 Å². The molecule has 0 saturated heterocycles. The summed E-state index contributed by atoms with van der Waals surface area (Å²) in [6.07, 6.45) is 4.04. The van der Waals surface area contributed by atoms with Crippen molar-refractivity contribution in [3.63, 3.8) is 0 Å². The van der Waals surface area contributed by atoms with Crippen molar-refractivity contribution >= 4 is 5.78 Å². The summed E-state index contributed by atoms with van der Waals surface area (Å²) < 4.78 is 0. The Balaban J connectivity index is 2.77. The molecule has 1 rings (SSSR count). The lowest BCUT2D eigenvalue weighted by molar-refractivity contribution is -0.117. The molecule has 0 radical (unpaired) electrons. The second-order valence-electron chi connectivity index (χ2n) is 3.53. The van der Waals surface area contributed by atoms with Crippen molar-refractivity contribution in [2.45, 2.75) is 33.6 Å². The fourth-order valence-corrected chi connectivity index (χ4v) is 1.70. The maximum Gasteiger partial charge on any atom is 0.158 e. The van der Waals surface area contributed by atoms with Gasteiger partial charge in [-0.05, 0) is 30.8 Å². The highest BCUT2D eigenvalue weighted by atomic mass is 16.1. The SMILES string of the molecule is CCC1C=C(C)C(=O)CC1C. The molecule has 62 valence electrons. The Morgan fingerprint density at radius 3 is 2.82 bits per heavy atom. The fraction of sp³-hybridized carbons (Fsp3) is 0.700. The topological polar surface area (TPSA) is 17.1 Å². The third-order valence-electron chi connectivity index (χ3n) is 2.61. The van der Waals surface area contributed by atoms with Crippen LogP contribution >= 0.6 is 0 Å². The minimum atomic E-state index is 0.335. The van der Waals surface area contributed by atoms with Gasteiger partial charge in [0, 0.05) is 6.42 Å². The molecule has 0 amide bonds. The van der Waals surface area contributed by atoms with E-state index in [1.807, 2.05) is 6.92 Å². The Morgan fingerprint density at radius 1 is 1.64 bits per heavy atom. The molecule has 0 aromatic carbocycles. The summed E-state index contributed by atoms with van der Waals surface area (Å²) >= 11 is 0. The lowest BCUT2D eigenvalue weighted by atomic mass is 9.80. The molecule has 1 aliphatic carbocycles. The van der Waals surface area contributed by atoms with E-state index in [4.69, 9.17) is 0 Å². The minimum Gasteiger partial charge on any atom is -0.295 e. The van der Waals surface area contributed by atoms with Gasteiger partial charge in [0.25, 0.3) is 0 Å². The van der Waals surface area contributed by atoms with Gasteiger partial charge in [-0.3, -0.25) is 4.79 Å². The monoisotopic (exact) mass is 152 g/mol. The maximum atomic E-state index is 11.2. The number of carbonyl (C=O) groups excluding carboxylic acids is 1. The molecule has 0 aliphatic heterocycles. The first-order valence-corrected chi connectivity index (χ1v) is 4.36. The van der Waals surface area contributed by atoms with Crippen molar-refractivity contribution in [3.05, 3.63) is 11.6 Å². The zero-order valence-electron chi connectivity index (χ0n) is 7.55. The number of carbonyl (C=O) groups is 1. The normalized spacial score (nSPS) is 31.9. The van der Waals surface area contributed by atoms with Crippen molar-refractivity contribution in [3.8, 4) is 0 Å². The zero-order chi connectivity index (χ0) is 8.43. The standard InChI is InChI=1S/C10H16O/c1-4-9-5-8(3)10(11)6-7(9)2/h5,7,9H,4,6H2,1-3H3. The predicted molar refractivity (Wildman–Crippen MR) is 46.3 cm³/mol. The summed E-state index contributed by atoms with van der Waals surface area (Å²) in [4.78, 5) is 11.2. The van der Waals surface area contributed by atoms with Crippen molar-refractivity contribution in [1.29, 1.82) is 0 Å². The van der Waals surface area contributed by atoms with Crippen LogP contribution in [0.25, 0.3) is 0 Å². The molecule has 0 heterocycles. The van der Waals surface area contributed by atoms with Gasteiger partial charge in [-0.1, -0.05) is 19.9 Å². The molecule has 0 fully saturated rings. The third-order valence-corrected chi connectivity index (χ3v) is 2.61. The van der Waals surface area contributed by atoms with Crippen LogP contribution < -0.4 is 0 Å². The number of Topliss-reactive ketones (excluding diaryl/α,β-unsaturated/α-hetero) is 1. The Bertz CT molecular complexity index is 191. The number of ketones is 1. The van der Waals surface area contributed by atoms with Gasteiger partial charge in [-0.2, -0.15) is 0 Å². The highest BCUT2D eigenvalue weighted by Crippen LogP contribution is 2.27. The van der Waals surface area contributed by atoms with E-state index < -0.39 is 0 Å².